The van der Waals surface area contributed by atoms with Crippen LogP contribution in [-0.2, 0) is 4.79 Å². The molecule has 0 aliphatic rings. The van der Waals surface area contributed by atoms with Gasteiger partial charge in [0.2, 0.25) is 0 Å². The van der Waals surface area contributed by atoms with Crippen molar-refractivity contribution >= 4 is 37.6 Å². The number of rotatable bonds is 6. The lowest BCUT2D eigenvalue weighted by Crippen LogP contribution is -2.23. The van der Waals surface area contributed by atoms with Crippen LogP contribution in [0.3, 0.4) is 0 Å². The summed E-state index contributed by atoms with van der Waals surface area (Å²) in [7, 11) is 0. The Morgan fingerprint density at radius 1 is 0.562 bits per heavy atom. The third kappa shape index (κ3) is 5.05. The summed E-state index contributed by atoms with van der Waals surface area (Å²) in [4.78, 5) is 14.2. The summed E-state index contributed by atoms with van der Waals surface area (Å²) < 4.78 is 29.0. The van der Waals surface area contributed by atoms with Crippen molar-refractivity contribution < 1.29 is 13.6 Å². The fraction of sp³-hybridized carbons (Fsp3) is 0.0741. The Morgan fingerprint density at radius 2 is 0.938 bits per heavy atom. The van der Waals surface area contributed by atoms with Crippen molar-refractivity contribution in [1.29, 1.82) is 0 Å². The highest BCUT2D eigenvalue weighted by molar-refractivity contribution is 9.10. The summed E-state index contributed by atoms with van der Waals surface area (Å²) in [5, 5.41) is 0. The normalized spacial score (nSPS) is 12.9. The van der Waals surface area contributed by atoms with Crippen LogP contribution in [0.15, 0.2) is 106 Å². The molecule has 0 N–H and O–H groups in total. The molecular weight excluding hydrogens is 538 g/mol. The first kappa shape index (κ1) is 22.6. The zero-order valence-corrected chi connectivity index (χ0v) is 20.0. The summed E-state index contributed by atoms with van der Waals surface area (Å²) >= 11 is 6.98. The van der Waals surface area contributed by atoms with Crippen LogP contribution in [0.2, 0.25) is 0 Å². The van der Waals surface area contributed by atoms with E-state index in [4.69, 9.17) is 0 Å². The van der Waals surface area contributed by atoms with Crippen molar-refractivity contribution in [2.45, 2.75) is 11.8 Å². The first-order chi connectivity index (χ1) is 15.4. The number of carbonyl (C=O) groups excluding carboxylic acids is 1. The van der Waals surface area contributed by atoms with Gasteiger partial charge in [0, 0.05) is 8.95 Å². The molecule has 4 aromatic rings. The zero-order chi connectivity index (χ0) is 22.7. The van der Waals surface area contributed by atoms with E-state index in [-0.39, 0.29) is 17.4 Å². The molecule has 0 bridgehead atoms. The van der Waals surface area contributed by atoms with Crippen molar-refractivity contribution in [3.8, 4) is 0 Å². The van der Waals surface area contributed by atoms with Crippen LogP contribution in [0.5, 0.6) is 0 Å². The van der Waals surface area contributed by atoms with Crippen molar-refractivity contribution in [1.82, 2.24) is 0 Å². The van der Waals surface area contributed by atoms with E-state index in [1.54, 1.807) is 24.3 Å². The van der Waals surface area contributed by atoms with Gasteiger partial charge in [-0.3, -0.25) is 4.79 Å². The van der Waals surface area contributed by atoms with Crippen LogP contribution >= 0.6 is 31.9 Å². The van der Waals surface area contributed by atoms with Gasteiger partial charge in [0.05, 0.1) is 11.8 Å². The predicted octanol–water partition coefficient (Wildman–Crippen LogP) is 8.02. The maximum Gasteiger partial charge on any atom is 0.156 e. The van der Waals surface area contributed by atoms with Crippen LogP contribution in [0, 0.1) is 11.6 Å². The maximum absolute atomic E-state index is 14.2. The Morgan fingerprint density at radius 3 is 1.28 bits per heavy atom. The average Bonchev–Trinajstić information content (AvgIpc) is 2.77. The molecule has 4 rings (SSSR count). The standard InChI is InChI=1S/C27H18Br2F2O/c28-21-5-1-3-19(15-21)25(17-7-11-23(30)12-8-17)27(32)26(18-9-13-24(31)14-10-18)20-4-2-6-22(29)16-20/h1-16,25-26H. The Hall–Kier alpha value is -2.63. The Labute approximate surface area is 202 Å². The molecule has 1 nitrogen and oxygen atoms in total. The average molecular weight is 556 g/mol. The predicted molar refractivity (Wildman–Crippen MR) is 130 cm³/mol. The van der Waals surface area contributed by atoms with Gasteiger partial charge in [0.1, 0.15) is 11.6 Å². The Bertz CT molecular complexity index is 1140. The number of halogens is 4. The number of Topliss-reactive ketones (excluding diaryl/α,β-unsaturated/α-hetero) is 1. The summed E-state index contributed by atoms with van der Waals surface area (Å²) in [6.45, 7) is 0. The highest BCUT2D eigenvalue weighted by Gasteiger charge is 2.32. The van der Waals surface area contributed by atoms with E-state index >= 15 is 0 Å². The molecule has 0 aliphatic carbocycles. The van der Waals surface area contributed by atoms with E-state index in [1.165, 1.54) is 24.3 Å². The molecule has 0 aromatic heterocycles. The highest BCUT2D eigenvalue weighted by Crippen LogP contribution is 2.37. The van der Waals surface area contributed by atoms with Gasteiger partial charge in [-0.2, -0.15) is 0 Å². The number of carbonyl (C=O) groups is 1. The topological polar surface area (TPSA) is 17.1 Å². The van der Waals surface area contributed by atoms with Gasteiger partial charge < -0.3 is 0 Å². The lowest BCUT2D eigenvalue weighted by molar-refractivity contribution is -0.120. The molecule has 0 radical (unpaired) electrons. The molecule has 0 aliphatic heterocycles. The second kappa shape index (κ2) is 9.88. The number of hydrogen-bond acceptors (Lipinski definition) is 1. The van der Waals surface area contributed by atoms with Crippen LogP contribution in [0.1, 0.15) is 34.1 Å². The lowest BCUT2D eigenvalue weighted by atomic mass is 9.77. The molecule has 0 fully saturated rings. The molecule has 160 valence electrons. The van der Waals surface area contributed by atoms with Crippen LogP contribution in [0.25, 0.3) is 0 Å². The quantitative estimate of drug-likeness (QED) is 0.235. The smallest absolute Gasteiger partial charge is 0.156 e. The largest absolute Gasteiger partial charge is 0.298 e. The molecule has 2 unspecified atom stereocenters. The SMILES string of the molecule is O=C(C(c1ccc(F)cc1)c1cccc(Br)c1)C(c1ccc(F)cc1)c1cccc(Br)c1. The van der Waals surface area contributed by atoms with E-state index in [2.05, 4.69) is 31.9 Å². The maximum atomic E-state index is 14.2. The fourth-order valence-corrected chi connectivity index (χ4v) is 4.73. The van der Waals surface area contributed by atoms with Crippen molar-refractivity contribution in [2.24, 2.45) is 0 Å². The van der Waals surface area contributed by atoms with Gasteiger partial charge in [-0.05, 0) is 70.8 Å². The van der Waals surface area contributed by atoms with Gasteiger partial charge in [0.25, 0.3) is 0 Å². The molecule has 0 saturated carbocycles. The van der Waals surface area contributed by atoms with E-state index < -0.39 is 11.8 Å². The van der Waals surface area contributed by atoms with Crippen LogP contribution < -0.4 is 0 Å². The molecule has 32 heavy (non-hydrogen) atoms. The molecular formula is C27H18Br2F2O. The molecule has 2 atom stereocenters. The zero-order valence-electron chi connectivity index (χ0n) is 16.8. The van der Waals surface area contributed by atoms with E-state index in [0.717, 1.165) is 20.1 Å². The minimum atomic E-state index is -0.637. The van der Waals surface area contributed by atoms with Crippen LogP contribution in [0.4, 0.5) is 8.78 Å². The first-order valence-corrected chi connectivity index (χ1v) is 11.6. The Balaban J connectivity index is 1.89. The number of ketones is 1. The molecule has 0 heterocycles. The van der Waals surface area contributed by atoms with Crippen molar-refractivity contribution in [3.05, 3.63) is 140 Å². The molecule has 4 aromatic carbocycles. The van der Waals surface area contributed by atoms with E-state index in [1.807, 2.05) is 48.5 Å². The molecule has 0 spiro atoms. The summed E-state index contributed by atoms with van der Waals surface area (Å²) in [6, 6.07) is 27.1. The number of hydrogen-bond donors (Lipinski definition) is 0. The van der Waals surface area contributed by atoms with Gasteiger partial charge in [-0.1, -0.05) is 80.4 Å². The van der Waals surface area contributed by atoms with Gasteiger partial charge in [0.15, 0.2) is 5.78 Å². The summed E-state index contributed by atoms with van der Waals surface area (Å²) in [5.41, 5.74) is 2.96. The second-order valence-electron chi connectivity index (χ2n) is 7.48. The molecule has 5 heteroatoms. The Kier molecular flexibility index (Phi) is 6.97. The van der Waals surface area contributed by atoms with Crippen molar-refractivity contribution in [3.63, 3.8) is 0 Å². The van der Waals surface area contributed by atoms with Gasteiger partial charge >= 0.3 is 0 Å². The molecule has 0 saturated heterocycles. The third-order valence-corrected chi connectivity index (χ3v) is 6.33. The van der Waals surface area contributed by atoms with Crippen LogP contribution in [-0.4, -0.2) is 5.78 Å². The van der Waals surface area contributed by atoms with E-state index in [0.29, 0.717) is 11.1 Å². The minimum Gasteiger partial charge on any atom is -0.298 e. The van der Waals surface area contributed by atoms with E-state index in [9.17, 15) is 13.6 Å². The lowest BCUT2D eigenvalue weighted by Gasteiger charge is -2.25. The fourth-order valence-electron chi connectivity index (χ4n) is 3.89. The monoisotopic (exact) mass is 554 g/mol. The number of benzene rings is 4. The minimum absolute atomic E-state index is 0.0839. The third-order valence-electron chi connectivity index (χ3n) is 5.34. The highest BCUT2D eigenvalue weighted by atomic mass is 79.9. The van der Waals surface area contributed by atoms with Gasteiger partial charge in [-0.25, -0.2) is 8.78 Å². The van der Waals surface area contributed by atoms with Gasteiger partial charge in [-0.15, -0.1) is 0 Å². The first-order valence-electron chi connectivity index (χ1n) is 9.98. The summed E-state index contributed by atoms with van der Waals surface area (Å²) in [6.07, 6.45) is 0. The molecule has 0 amide bonds. The van der Waals surface area contributed by atoms with Crippen molar-refractivity contribution in [2.75, 3.05) is 0 Å². The second-order valence-corrected chi connectivity index (χ2v) is 9.31. The summed E-state index contributed by atoms with van der Waals surface area (Å²) in [5.74, 6) is -2.09.